The lowest BCUT2D eigenvalue weighted by molar-refractivity contribution is -0.138. The lowest BCUT2D eigenvalue weighted by Gasteiger charge is -2.35. The van der Waals surface area contributed by atoms with Crippen molar-refractivity contribution >= 4 is 11.6 Å². The molecule has 0 aliphatic carbocycles. The van der Waals surface area contributed by atoms with Gasteiger partial charge in [0.05, 0.1) is 12.2 Å². The zero-order chi connectivity index (χ0) is 16.4. The predicted octanol–water partition coefficient (Wildman–Crippen LogP) is 1.62. The molecule has 2 aromatic heterocycles. The minimum atomic E-state index is -0.755. The van der Waals surface area contributed by atoms with Gasteiger partial charge in [0.25, 0.3) is 0 Å². The van der Waals surface area contributed by atoms with Gasteiger partial charge in [0.2, 0.25) is 0 Å². The number of aryl methyl sites for hydroxylation is 1. The molecule has 23 heavy (non-hydrogen) atoms. The fourth-order valence-corrected chi connectivity index (χ4v) is 3.32. The van der Waals surface area contributed by atoms with Crippen molar-refractivity contribution in [2.24, 2.45) is 0 Å². The lowest BCUT2D eigenvalue weighted by Crippen LogP contribution is -2.44. The number of likely N-dealkylation sites (tertiary alicyclic amines) is 1. The van der Waals surface area contributed by atoms with Crippen LogP contribution < -0.4 is 0 Å². The maximum atomic E-state index is 10.8. The maximum Gasteiger partial charge on any atom is 0.317 e. The number of carbonyl (C=O) groups is 1. The van der Waals surface area contributed by atoms with Gasteiger partial charge in [-0.25, -0.2) is 4.98 Å². The largest absolute Gasteiger partial charge is 0.480 e. The van der Waals surface area contributed by atoms with Crippen LogP contribution in [0.1, 0.15) is 24.1 Å². The fraction of sp³-hybridized carbons (Fsp3) is 0.529. The molecular formula is C17H24N4O2. The number of fused-ring (bicyclic) bond motifs is 1. The van der Waals surface area contributed by atoms with Gasteiger partial charge < -0.3 is 9.51 Å². The Hall–Kier alpha value is -1.92. The van der Waals surface area contributed by atoms with E-state index in [9.17, 15) is 4.79 Å². The van der Waals surface area contributed by atoms with E-state index in [2.05, 4.69) is 39.7 Å². The smallest absolute Gasteiger partial charge is 0.317 e. The molecule has 0 unspecified atom stereocenters. The fourth-order valence-electron chi connectivity index (χ4n) is 3.32. The second kappa shape index (κ2) is 6.68. The molecule has 2 aromatic rings. The lowest BCUT2D eigenvalue weighted by atomic mass is 10.0. The molecule has 3 rings (SSSR count). The third kappa shape index (κ3) is 3.89. The van der Waals surface area contributed by atoms with Crippen LogP contribution in [-0.4, -0.2) is 63.0 Å². The first kappa shape index (κ1) is 16.0. The number of aliphatic carboxylic acids is 1. The molecule has 3 heterocycles. The zero-order valence-corrected chi connectivity index (χ0v) is 13.8. The van der Waals surface area contributed by atoms with Crippen LogP contribution in [0.25, 0.3) is 5.65 Å². The summed E-state index contributed by atoms with van der Waals surface area (Å²) in [6.07, 6.45) is 6.22. The van der Waals surface area contributed by atoms with E-state index in [0.717, 1.165) is 43.8 Å². The third-order valence-electron chi connectivity index (χ3n) is 4.60. The molecule has 1 fully saturated rings. The molecular weight excluding hydrogens is 292 g/mol. The Morgan fingerprint density at radius 3 is 2.78 bits per heavy atom. The summed E-state index contributed by atoms with van der Waals surface area (Å²) in [6.45, 7) is 5.03. The van der Waals surface area contributed by atoms with E-state index in [1.54, 1.807) is 0 Å². The van der Waals surface area contributed by atoms with Gasteiger partial charge >= 0.3 is 5.97 Å². The first-order valence-corrected chi connectivity index (χ1v) is 8.10. The zero-order valence-electron chi connectivity index (χ0n) is 13.8. The van der Waals surface area contributed by atoms with Gasteiger partial charge in [-0.2, -0.15) is 0 Å². The van der Waals surface area contributed by atoms with Gasteiger partial charge in [0, 0.05) is 38.1 Å². The van der Waals surface area contributed by atoms with Crippen LogP contribution >= 0.6 is 0 Å². The summed E-state index contributed by atoms with van der Waals surface area (Å²) >= 11 is 0. The summed E-state index contributed by atoms with van der Waals surface area (Å²) in [5, 5.41) is 8.89. The normalized spacial score (nSPS) is 17.2. The highest BCUT2D eigenvalue weighted by atomic mass is 16.4. The highest BCUT2D eigenvalue weighted by molar-refractivity contribution is 5.69. The molecule has 1 aliphatic heterocycles. The van der Waals surface area contributed by atoms with Gasteiger partial charge in [-0.05, 0) is 38.4 Å². The Morgan fingerprint density at radius 1 is 1.35 bits per heavy atom. The Morgan fingerprint density at radius 2 is 2.09 bits per heavy atom. The molecule has 0 atom stereocenters. The summed E-state index contributed by atoms with van der Waals surface area (Å²) in [6, 6.07) is 4.49. The number of piperidine rings is 1. The van der Waals surface area contributed by atoms with E-state index in [-0.39, 0.29) is 6.54 Å². The molecule has 0 amide bonds. The highest BCUT2D eigenvalue weighted by Crippen LogP contribution is 2.17. The number of nitrogens with zero attached hydrogens (tertiary/aromatic N) is 4. The van der Waals surface area contributed by atoms with Crippen LogP contribution in [0, 0.1) is 6.92 Å². The monoisotopic (exact) mass is 316 g/mol. The molecule has 6 nitrogen and oxygen atoms in total. The summed E-state index contributed by atoms with van der Waals surface area (Å²) in [5.41, 5.74) is 3.30. The van der Waals surface area contributed by atoms with E-state index in [1.165, 1.54) is 5.56 Å². The Balaban J connectivity index is 1.56. The van der Waals surface area contributed by atoms with Gasteiger partial charge in [0.1, 0.15) is 5.65 Å². The molecule has 0 aromatic carbocycles. The van der Waals surface area contributed by atoms with Gasteiger partial charge in [-0.1, -0.05) is 6.07 Å². The molecule has 1 saturated heterocycles. The Labute approximate surface area is 136 Å². The minimum Gasteiger partial charge on any atom is -0.480 e. The standard InChI is InChI=1S/C17H24N4O2/c1-13-3-4-16-18-14(11-21(16)9-13)10-20-7-5-15(6-8-20)19(2)12-17(22)23/h3-4,9,11,15H,5-8,10,12H2,1-2H3,(H,22,23). The van der Waals surface area contributed by atoms with Crippen molar-refractivity contribution in [2.75, 3.05) is 26.7 Å². The van der Waals surface area contributed by atoms with Crippen molar-refractivity contribution in [1.82, 2.24) is 19.2 Å². The number of pyridine rings is 1. The number of imidazole rings is 1. The van der Waals surface area contributed by atoms with E-state index < -0.39 is 5.97 Å². The van der Waals surface area contributed by atoms with Crippen LogP contribution in [0.15, 0.2) is 24.5 Å². The Kier molecular flexibility index (Phi) is 4.63. The molecule has 0 saturated carbocycles. The van der Waals surface area contributed by atoms with Gasteiger partial charge in [0.15, 0.2) is 0 Å². The van der Waals surface area contributed by atoms with Gasteiger partial charge in [-0.3, -0.25) is 14.6 Å². The molecule has 0 radical (unpaired) electrons. The molecule has 0 spiro atoms. The third-order valence-corrected chi connectivity index (χ3v) is 4.60. The van der Waals surface area contributed by atoms with Crippen molar-refractivity contribution < 1.29 is 9.90 Å². The highest BCUT2D eigenvalue weighted by Gasteiger charge is 2.23. The average molecular weight is 316 g/mol. The van der Waals surface area contributed by atoms with E-state index >= 15 is 0 Å². The second-order valence-corrected chi connectivity index (χ2v) is 6.52. The van der Waals surface area contributed by atoms with Crippen molar-refractivity contribution in [1.29, 1.82) is 0 Å². The number of carboxylic acid groups (broad SMARTS) is 1. The number of aromatic nitrogens is 2. The summed E-state index contributed by atoms with van der Waals surface area (Å²) in [4.78, 5) is 19.8. The first-order chi connectivity index (χ1) is 11.0. The first-order valence-electron chi connectivity index (χ1n) is 8.10. The van der Waals surface area contributed by atoms with Crippen LogP contribution in [0.2, 0.25) is 0 Å². The van der Waals surface area contributed by atoms with Gasteiger partial charge in [-0.15, -0.1) is 0 Å². The topological polar surface area (TPSA) is 61.1 Å². The van der Waals surface area contributed by atoms with Crippen LogP contribution in [0.4, 0.5) is 0 Å². The van der Waals surface area contributed by atoms with Crippen molar-refractivity contribution in [3.8, 4) is 0 Å². The van der Waals surface area contributed by atoms with Crippen molar-refractivity contribution in [2.45, 2.75) is 32.4 Å². The number of hydrogen-bond acceptors (Lipinski definition) is 4. The van der Waals surface area contributed by atoms with Crippen LogP contribution in [0.5, 0.6) is 0 Å². The SMILES string of the molecule is Cc1ccc2nc(CN3CCC(N(C)CC(=O)O)CC3)cn2c1. The number of likely N-dealkylation sites (N-methyl/N-ethyl adjacent to an activating group) is 1. The van der Waals surface area contributed by atoms with E-state index in [0.29, 0.717) is 6.04 Å². The summed E-state index contributed by atoms with van der Waals surface area (Å²) in [5.74, 6) is -0.755. The molecule has 1 N–H and O–H groups in total. The summed E-state index contributed by atoms with van der Waals surface area (Å²) in [7, 11) is 1.90. The second-order valence-electron chi connectivity index (χ2n) is 6.52. The predicted molar refractivity (Wildman–Crippen MR) is 88.5 cm³/mol. The van der Waals surface area contributed by atoms with Crippen LogP contribution in [-0.2, 0) is 11.3 Å². The minimum absolute atomic E-state index is 0.121. The summed E-state index contributed by atoms with van der Waals surface area (Å²) < 4.78 is 2.08. The maximum absolute atomic E-state index is 10.8. The molecule has 0 bridgehead atoms. The Bertz CT molecular complexity index is 689. The molecule has 6 heteroatoms. The number of carboxylic acids is 1. The average Bonchev–Trinajstić information content (AvgIpc) is 2.88. The molecule has 124 valence electrons. The van der Waals surface area contributed by atoms with E-state index in [1.807, 2.05) is 18.0 Å². The van der Waals surface area contributed by atoms with Crippen molar-refractivity contribution in [3.05, 3.63) is 35.8 Å². The molecule has 1 aliphatic rings. The van der Waals surface area contributed by atoms with Crippen LogP contribution in [0.3, 0.4) is 0 Å². The van der Waals surface area contributed by atoms with E-state index in [4.69, 9.17) is 5.11 Å². The van der Waals surface area contributed by atoms with Crippen molar-refractivity contribution in [3.63, 3.8) is 0 Å². The number of hydrogen-bond donors (Lipinski definition) is 1. The number of rotatable bonds is 5. The quantitative estimate of drug-likeness (QED) is 0.908.